The van der Waals surface area contributed by atoms with Crippen LogP contribution in [0.1, 0.15) is 112 Å². The SMILES string of the molecule is CC(C)[C@H](NC(=O)OCCOCCn1nc(CC(C)(C)C)c(CC(C)(C)C)n1)C(=O)C[C@@H](CCCNC(N)=O)C(=O)Nc1ccc(COC(=O)C(C)(C)C)cc1. The summed E-state index contributed by atoms with van der Waals surface area (Å²) in [5.74, 6) is -2.12. The van der Waals surface area contributed by atoms with Crippen molar-refractivity contribution >= 4 is 35.5 Å². The second kappa shape index (κ2) is 21.7. The second-order valence-electron chi connectivity index (χ2n) is 18.1. The number of benzene rings is 1. The molecule has 0 fully saturated rings. The first-order chi connectivity index (χ1) is 25.9. The highest BCUT2D eigenvalue weighted by atomic mass is 16.6. The standard InChI is InChI=1S/C41H67N7O8/c1-27(2)34(45-38(53)55-22-21-54-20-19-48-46-31(24-39(3,4)5)32(47-48)25-40(6,7)8)33(49)23-29(13-12-18-43-37(42)52)35(50)44-30-16-14-28(15-17-30)26-56-36(51)41(9,10)11/h14-17,27,29,34H,12-13,18-26H2,1-11H3,(H,44,50)(H,45,53)(H3,42,43,52)/t29-,34+/m1/s1. The number of Topliss-reactive ketones (excluding diaryl/α,β-unsaturated/α-hetero) is 1. The number of ether oxygens (including phenoxy) is 3. The van der Waals surface area contributed by atoms with Crippen molar-refractivity contribution in [3.63, 3.8) is 0 Å². The van der Waals surface area contributed by atoms with Gasteiger partial charge < -0.3 is 35.9 Å². The summed E-state index contributed by atoms with van der Waals surface area (Å²) < 4.78 is 16.4. The molecule has 314 valence electrons. The fourth-order valence-electron chi connectivity index (χ4n) is 5.57. The van der Waals surface area contributed by atoms with E-state index in [1.54, 1.807) is 63.7 Å². The third-order valence-electron chi connectivity index (χ3n) is 8.44. The van der Waals surface area contributed by atoms with Gasteiger partial charge in [0, 0.05) is 24.6 Å². The van der Waals surface area contributed by atoms with Crippen LogP contribution in [-0.2, 0) is 54.6 Å². The molecule has 1 aromatic carbocycles. The number of primary amides is 1. The normalized spacial score (nSPS) is 13.1. The molecular weight excluding hydrogens is 718 g/mol. The molecule has 15 heteroatoms. The van der Waals surface area contributed by atoms with Crippen LogP contribution in [0.25, 0.3) is 0 Å². The first-order valence-electron chi connectivity index (χ1n) is 19.5. The molecule has 1 heterocycles. The molecule has 0 saturated heterocycles. The number of anilines is 1. The van der Waals surface area contributed by atoms with Crippen molar-refractivity contribution in [1.29, 1.82) is 0 Å². The maximum absolute atomic E-state index is 13.6. The van der Waals surface area contributed by atoms with Crippen LogP contribution >= 0.6 is 0 Å². The van der Waals surface area contributed by atoms with E-state index >= 15 is 0 Å². The number of hydrogen-bond donors (Lipinski definition) is 4. The zero-order valence-corrected chi connectivity index (χ0v) is 35.5. The van der Waals surface area contributed by atoms with Gasteiger partial charge in [0.1, 0.15) is 13.2 Å². The van der Waals surface area contributed by atoms with Crippen molar-refractivity contribution in [2.75, 3.05) is 31.7 Å². The Kier molecular flexibility index (Phi) is 18.4. The highest BCUT2D eigenvalue weighted by Gasteiger charge is 2.30. The summed E-state index contributed by atoms with van der Waals surface area (Å²) in [6.07, 6.45) is 1.37. The molecule has 2 atom stereocenters. The Hall–Kier alpha value is -4.53. The summed E-state index contributed by atoms with van der Waals surface area (Å²) in [6, 6.07) is 5.25. The number of urea groups is 1. The number of nitrogens with two attached hydrogens (primary N) is 1. The topological polar surface area (TPSA) is 206 Å². The van der Waals surface area contributed by atoms with Crippen LogP contribution in [0, 0.1) is 28.1 Å². The molecule has 0 aliphatic carbocycles. The maximum atomic E-state index is 13.6. The molecule has 0 unspecified atom stereocenters. The summed E-state index contributed by atoms with van der Waals surface area (Å²) in [7, 11) is 0. The predicted octanol–water partition coefficient (Wildman–Crippen LogP) is 5.97. The van der Waals surface area contributed by atoms with Gasteiger partial charge in [-0.2, -0.15) is 15.0 Å². The van der Waals surface area contributed by atoms with Crippen molar-refractivity contribution < 1.29 is 38.2 Å². The number of nitrogens with zero attached hydrogens (tertiary/aromatic N) is 3. The number of alkyl carbamates (subject to hydrolysis) is 1. The minimum atomic E-state index is -0.909. The zero-order chi connectivity index (χ0) is 42.3. The van der Waals surface area contributed by atoms with E-state index < -0.39 is 35.4 Å². The summed E-state index contributed by atoms with van der Waals surface area (Å²) >= 11 is 0. The number of aromatic nitrogens is 3. The van der Waals surface area contributed by atoms with Crippen LogP contribution in [-0.4, -0.2) is 77.2 Å². The highest BCUT2D eigenvalue weighted by molar-refractivity contribution is 5.97. The lowest BCUT2D eigenvalue weighted by molar-refractivity contribution is -0.154. The molecule has 2 aromatic rings. The van der Waals surface area contributed by atoms with Gasteiger partial charge in [-0.25, -0.2) is 9.59 Å². The number of amides is 4. The van der Waals surface area contributed by atoms with Crippen LogP contribution in [0.5, 0.6) is 0 Å². The number of rotatable bonds is 21. The second-order valence-corrected chi connectivity index (χ2v) is 18.1. The number of ketones is 1. The van der Waals surface area contributed by atoms with Gasteiger partial charge in [-0.15, -0.1) is 0 Å². The van der Waals surface area contributed by atoms with Gasteiger partial charge in [-0.05, 0) is 80.9 Å². The highest BCUT2D eigenvalue weighted by Crippen LogP contribution is 2.26. The van der Waals surface area contributed by atoms with Crippen LogP contribution in [0.15, 0.2) is 24.3 Å². The van der Waals surface area contributed by atoms with Crippen LogP contribution < -0.4 is 21.7 Å². The van der Waals surface area contributed by atoms with Crippen LogP contribution in [0.3, 0.4) is 0 Å². The molecule has 56 heavy (non-hydrogen) atoms. The molecule has 0 aliphatic heterocycles. The molecule has 0 saturated carbocycles. The average Bonchev–Trinajstić information content (AvgIpc) is 3.42. The van der Waals surface area contributed by atoms with E-state index in [2.05, 4.69) is 57.5 Å². The first-order valence-corrected chi connectivity index (χ1v) is 19.5. The minimum absolute atomic E-state index is 0.0301. The first kappa shape index (κ1) is 47.6. The lowest BCUT2D eigenvalue weighted by Crippen LogP contribution is -2.46. The van der Waals surface area contributed by atoms with Crippen molar-refractivity contribution in [2.45, 2.75) is 127 Å². The molecule has 0 bridgehead atoms. The molecule has 0 radical (unpaired) electrons. The van der Waals surface area contributed by atoms with Crippen molar-refractivity contribution in [2.24, 2.45) is 33.8 Å². The molecular formula is C41H67N7O8. The van der Waals surface area contributed by atoms with Gasteiger partial charge in [0.2, 0.25) is 5.91 Å². The molecule has 5 N–H and O–H groups in total. The number of hydrogen-bond acceptors (Lipinski definition) is 10. The van der Waals surface area contributed by atoms with Gasteiger partial charge >= 0.3 is 18.1 Å². The smallest absolute Gasteiger partial charge is 0.407 e. The lowest BCUT2D eigenvalue weighted by Gasteiger charge is -2.24. The zero-order valence-electron chi connectivity index (χ0n) is 35.5. The van der Waals surface area contributed by atoms with Crippen molar-refractivity contribution in [1.82, 2.24) is 25.6 Å². The third kappa shape index (κ3) is 18.9. The van der Waals surface area contributed by atoms with Gasteiger partial charge in [0.15, 0.2) is 5.78 Å². The number of carbonyl (C=O) groups excluding carboxylic acids is 5. The molecule has 4 amide bonds. The Labute approximate surface area is 332 Å². The van der Waals surface area contributed by atoms with Crippen molar-refractivity contribution in [3.8, 4) is 0 Å². The number of nitrogens with one attached hydrogen (secondary N) is 3. The Morgan fingerprint density at radius 2 is 1.41 bits per heavy atom. The molecule has 1 aromatic heterocycles. The van der Waals surface area contributed by atoms with E-state index in [1.807, 2.05) is 0 Å². The van der Waals surface area contributed by atoms with E-state index in [0.717, 1.165) is 29.8 Å². The molecule has 2 rings (SSSR count). The fourth-order valence-corrected chi connectivity index (χ4v) is 5.57. The van der Waals surface area contributed by atoms with Crippen LogP contribution in [0.4, 0.5) is 15.3 Å². The maximum Gasteiger partial charge on any atom is 0.407 e. The Morgan fingerprint density at radius 3 is 1.93 bits per heavy atom. The average molecular weight is 786 g/mol. The molecule has 15 nitrogen and oxygen atoms in total. The van der Waals surface area contributed by atoms with E-state index in [4.69, 9.17) is 30.1 Å². The summed E-state index contributed by atoms with van der Waals surface area (Å²) in [5.41, 5.74) is 7.95. The summed E-state index contributed by atoms with van der Waals surface area (Å²) in [5, 5.41) is 17.5. The lowest BCUT2D eigenvalue weighted by atomic mass is 9.86. The minimum Gasteiger partial charge on any atom is -0.460 e. The quantitative estimate of drug-likeness (QED) is 0.0861. The predicted molar refractivity (Wildman–Crippen MR) is 215 cm³/mol. The number of esters is 1. The van der Waals surface area contributed by atoms with E-state index in [1.165, 1.54) is 0 Å². The van der Waals surface area contributed by atoms with Gasteiger partial charge in [-0.3, -0.25) is 14.4 Å². The summed E-state index contributed by atoms with van der Waals surface area (Å²) in [6.45, 7) is 23.2. The fraction of sp³-hybridized carbons (Fsp3) is 0.683. The van der Waals surface area contributed by atoms with Crippen molar-refractivity contribution in [3.05, 3.63) is 41.2 Å². The Morgan fingerprint density at radius 1 is 0.821 bits per heavy atom. The molecule has 0 aliphatic rings. The Bertz CT molecular complexity index is 1550. The molecule has 0 spiro atoms. The van der Waals surface area contributed by atoms with E-state index in [-0.39, 0.29) is 67.7 Å². The van der Waals surface area contributed by atoms with E-state index in [9.17, 15) is 24.0 Å². The van der Waals surface area contributed by atoms with Gasteiger partial charge in [0.25, 0.3) is 0 Å². The summed E-state index contributed by atoms with van der Waals surface area (Å²) in [4.78, 5) is 64.8. The largest absolute Gasteiger partial charge is 0.460 e. The van der Waals surface area contributed by atoms with Gasteiger partial charge in [-0.1, -0.05) is 67.5 Å². The van der Waals surface area contributed by atoms with Crippen LogP contribution in [0.2, 0.25) is 0 Å². The monoisotopic (exact) mass is 786 g/mol. The number of carbonyl (C=O) groups is 5. The Balaban J connectivity index is 1.94. The van der Waals surface area contributed by atoms with E-state index in [0.29, 0.717) is 25.3 Å². The third-order valence-corrected chi connectivity index (χ3v) is 8.44. The van der Waals surface area contributed by atoms with Gasteiger partial charge in [0.05, 0.1) is 42.6 Å².